The predicted molar refractivity (Wildman–Crippen MR) is 123 cm³/mol. The van der Waals surface area contributed by atoms with E-state index in [0.717, 1.165) is 42.6 Å². The van der Waals surface area contributed by atoms with Crippen LogP contribution in [0.4, 0.5) is 0 Å². The number of rotatable bonds is 7. The number of hydrogen-bond acceptors (Lipinski definition) is 3. The maximum Gasteiger partial charge on any atom is 0.192 e. The van der Waals surface area contributed by atoms with Crippen molar-refractivity contribution < 1.29 is 0 Å². The number of nitrogens with zero attached hydrogens (tertiary/aromatic N) is 4. The van der Waals surface area contributed by atoms with Crippen molar-refractivity contribution in [2.24, 2.45) is 12.0 Å². The highest BCUT2D eigenvalue weighted by Gasteiger charge is 2.12. The molecule has 27 heavy (non-hydrogen) atoms. The molecule has 0 aliphatic carbocycles. The predicted octanol–water partition coefficient (Wildman–Crippen LogP) is 4.64. The molecule has 1 aromatic heterocycles. The van der Waals surface area contributed by atoms with Gasteiger partial charge in [-0.05, 0) is 38.0 Å². The van der Waals surface area contributed by atoms with E-state index in [1.165, 1.54) is 0 Å². The van der Waals surface area contributed by atoms with Gasteiger partial charge in [-0.1, -0.05) is 42.6 Å². The lowest BCUT2D eigenvalue weighted by Gasteiger charge is -2.19. The van der Waals surface area contributed by atoms with Crippen LogP contribution in [-0.2, 0) is 13.6 Å². The number of halogens is 3. The molecule has 2 aromatic rings. The summed E-state index contributed by atoms with van der Waals surface area (Å²) >= 11 is 12.3. The van der Waals surface area contributed by atoms with Gasteiger partial charge in [-0.2, -0.15) is 0 Å². The standard InChI is InChI=1S/C18H26Cl2N6.HI/c1-5-6-9-21-18(22-11-17-25-24-13(3)26(17)4)23-12(2)15-8-7-14(19)10-16(15)20;/h7-8,10,12H,5-6,9,11H2,1-4H3,(H2,21,22,23);1H. The highest BCUT2D eigenvalue weighted by molar-refractivity contribution is 14.0. The number of guanidine groups is 1. The smallest absolute Gasteiger partial charge is 0.192 e. The van der Waals surface area contributed by atoms with Gasteiger partial charge < -0.3 is 15.2 Å². The largest absolute Gasteiger partial charge is 0.356 e. The molecule has 0 amide bonds. The number of benzene rings is 1. The summed E-state index contributed by atoms with van der Waals surface area (Å²) in [6.45, 7) is 7.41. The molecule has 0 saturated carbocycles. The summed E-state index contributed by atoms with van der Waals surface area (Å²) in [4.78, 5) is 4.65. The molecule has 0 saturated heterocycles. The first-order chi connectivity index (χ1) is 12.4. The average molecular weight is 525 g/mol. The summed E-state index contributed by atoms with van der Waals surface area (Å²) in [6, 6.07) is 5.50. The molecule has 2 N–H and O–H groups in total. The summed E-state index contributed by atoms with van der Waals surface area (Å²) < 4.78 is 1.94. The van der Waals surface area contributed by atoms with Gasteiger partial charge >= 0.3 is 0 Å². The van der Waals surface area contributed by atoms with Gasteiger partial charge in [-0.3, -0.25) is 0 Å². The van der Waals surface area contributed by atoms with Crippen molar-refractivity contribution in [2.45, 2.75) is 46.2 Å². The van der Waals surface area contributed by atoms with E-state index in [1.54, 1.807) is 6.07 Å². The lowest BCUT2D eigenvalue weighted by molar-refractivity contribution is 0.663. The number of aliphatic imine (C=N–C) groups is 1. The maximum absolute atomic E-state index is 6.32. The molecule has 1 aromatic carbocycles. The minimum Gasteiger partial charge on any atom is -0.356 e. The van der Waals surface area contributed by atoms with Gasteiger partial charge in [0, 0.05) is 23.6 Å². The van der Waals surface area contributed by atoms with E-state index < -0.39 is 0 Å². The fourth-order valence-corrected chi connectivity index (χ4v) is 2.98. The summed E-state index contributed by atoms with van der Waals surface area (Å²) in [5, 5.41) is 16.3. The van der Waals surface area contributed by atoms with Crippen LogP contribution in [0.15, 0.2) is 23.2 Å². The molecule has 0 aliphatic heterocycles. The molecular formula is C18H27Cl2IN6. The molecule has 0 radical (unpaired) electrons. The van der Waals surface area contributed by atoms with E-state index >= 15 is 0 Å². The highest BCUT2D eigenvalue weighted by Crippen LogP contribution is 2.26. The third-order valence-electron chi connectivity index (χ3n) is 4.17. The van der Waals surface area contributed by atoms with Crippen molar-refractivity contribution in [3.05, 3.63) is 45.5 Å². The van der Waals surface area contributed by atoms with Gasteiger partial charge in [0.2, 0.25) is 0 Å². The van der Waals surface area contributed by atoms with Crippen LogP contribution in [0.3, 0.4) is 0 Å². The van der Waals surface area contributed by atoms with E-state index in [-0.39, 0.29) is 30.0 Å². The van der Waals surface area contributed by atoms with Crippen LogP contribution in [0, 0.1) is 6.92 Å². The molecule has 1 unspecified atom stereocenters. The monoisotopic (exact) mass is 524 g/mol. The van der Waals surface area contributed by atoms with Crippen molar-refractivity contribution in [1.29, 1.82) is 0 Å². The first-order valence-corrected chi connectivity index (χ1v) is 9.52. The molecule has 6 nitrogen and oxygen atoms in total. The fraction of sp³-hybridized carbons (Fsp3) is 0.500. The van der Waals surface area contributed by atoms with Gasteiger partial charge in [0.25, 0.3) is 0 Å². The van der Waals surface area contributed by atoms with Gasteiger partial charge in [-0.15, -0.1) is 34.2 Å². The Labute approximate surface area is 188 Å². The molecule has 1 atom stereocenters. The second-order valence-corrected chi connectivity index (χ2v) is 7.04. The number of nitrogens with one attached hydrogen (secondary N) is 2. The van der Waals surface area contributed by atoms with E-state index in [2.05, 4.69) is 32.7 Å². The number of unbranched alkanes of at least 4 members (excludes halogenated alkanes) is 1. The Kier molecular flexibility index (Phi) is 10.4. The third kappa shape index (κ3) is 7.12. The normalized spacial score (nSPS) is 12.4. The highest BCUT2D eigenvalue weighted by atomic mass is 127. The Hall–Kier alpha value is -1.06. The maximum atomic E-state index is 6.32. The van der Waals surface area contributed by atoms with Crippen LogP contribution in [0.25, 0.3) is 0 Å². The molecule has 0 fully saturated rings. The minimum absolute atomic E-state index is 0. The summed E-state index contributed by atoms with van der Waals surface area (Å²) in [7, 11) is 1.94. The SMILES string of the molecule is CCCCNC(=NCc1nnc(C)n1C)NC(C)c1ccc(Cl)cc1Cl.I. The van der Waals surface area contributed by atoms with Crippen molar-refractivity contribution in [3.8, 4) is 0 Å². The number of aromatic nitrogens is 3. The third-order valence-corrected chi connectivity index (χ3v) is 4.73. The second-order valence-electron chi connectivity index (χ2n) is 6.20. The zero-order chi connectivity index (χ0) is 19.1. The van der Waals surface area contributed by atoms with Gasteiger partial charge in [0.1, 0.15) is 12.4 Å². The van der Waals surface area contributed by atoms with Crippen molar-refractivity contribution in [1.82, 2.24) is 25.4 Å². The summed E-state index contributed by atoms with van der Waals surface area (Å²) in [5.41, 5.74) is 0.968. The molecule has 0 spiro atoms. The fourth-order valence-electron chi connectivity index (χ4n) is 2.41. The van der Waals surface area contributed by atoms with Crippen LogP contribution < -0.4 is 10.6 Å². The van der Waals surface area contributed by atoms with Crippen LogP contribution in [0.1, 0.15) is 49.9 Å². The molecule has 150 valence electrons. The molecule has 2 rings (SSSR count). The number of hydrogen-bond donors (Lipinski definition) is 2. The first kappa shape index (κ1) is 24.0. The molecule has 0 bridgehead atoms. The molecule has 1 heterocycles. The first-order valence-electron chi connectivity index (χ1n) is 8.77. The van der Waals surface area contributed by atoms with Crippen LogP contribution in [-0.4, -0.2) is 27.3 Å². The van der Waals surface area contributed by atoms with Crippen molar-refractivity contribution in [3.63, 3.8) is 0 Å². The quantitative estimate of drug-likeness (QED) is 0.239. The zero-order valence-electron chi connectivity index (χ0n) is 16.1. The van der Waals surface area contributed by atoms with Crippen LogP contribution in [0.5, 0.6) is 0 Å². The molecular weight excluding hydrogens is 498 g/mol. The van der Waals surface area contributed by atoms with E-state index in [0.29, 0.717) is 16.6 Å². The lowest BCUT2D eigenvalue weighted by Crippen LogP contribution is -2.39. The Morgan fingerprint density at radius 3 is 2.63 bits per heavy atom. The second kappa shape index (κ2) is 11.7. The van der Waals surface area contributed by atoms with Crippen LogP contribution >= 0.6 is 47.2 Å². The van der Waals surface area contributed by atoms with Gasteiger partial charge in [0.15, 0.2) is 11.8 Å². The Morgan fingerprint density at radius 1 is 1.30 bits per heavy atom. The van der Waals surface area contributed by atoms with Crippen molar-refractivity contribution >= 4 is 53.1 Å². The summed E-state index contributed by atoms with van der Waals surface area (Å²) in [5.74, 6) is 2.40. The van der Waals surface area contributed by atoms with Crippen LogP contribution in [0.2, 0.25) is 10.0 Å². The van der Waals surface area contributed by atoms with Gasteiger partial charge in [0.05, 0.1) is 6.04 Å². The van der Waals surface area contributed by atoms with E-state index in [9.17, 15) is 0 Å². The molecule has 0 aliphatic rings. The van der Waals surface area contributed by atoms with E-state index in [4.69, 9.17) is 23.2 Å². The van der Waals surface area contributed by atoms with Gasteiger partial charge in [-0.25, -0.2) is 4.99 Å². The lowest BCUT2D eigenvalue weighted by atomic mass is 10.1. The Bertz CT molecular complexity index is 762. The average Bonchev–Trinajstić information content (AvgIpc) is 2.91. The van der Waals surface area contributed by atoms with Crippen molar-refractivity contribution in [2.75, 3.05) is 6.54 Å². The summed E-state index contributed by atoms with van der Waals surface area (Å²) in [6.07, 6.45) is 2.18. The topological polar surface area (TPSA) is 67.1 Å². The minimum atomic E-state index is -0.0196. The number of aryl methyl sites for hydroxylation is 1. The van der Waals surface area contributed by atoms with E-state index in [1.807, 2.05) is 37.6 Å². The Balaban J connectivity index is 0.00000364. The molecule has 9 heteroatoms. The Morgan fingerprint density at radius 2 is 2.04 bits per heavy atom. The zero-order valence-corrected chi connectivity index (χ0v) is 19.9.